The van der Waals surface area contributed by atoms with Crippen molar-refractivity contribution in [2.24, 2.45) is 0 Å². The molecule has 0 aromatic heterocycles. The molecule has 0 atom stereocenters. The highest BCUT2D eigenvalue weighted by Gasteiger charge is 2.31. The average Bonchev–Trinajstić information content (AvgIpc) is 2.14. The first-order valence-corrected chi connectivity index (χ1v) is 5.11. The molecule has 0 N–H and O–H groups in total. The van der Waals surface area contributed by atoms with Crippen LogP contribution in [0.4, 0.5) is 13.2 Å². The molecule has 0 spiro atoms. The predicted octanol–water partition coefficient (Wildman–Crippen LogP) is 4.22. The van der Waals surface area contributed by atoms with Crippen molar-refractivity contribution < 1.29 is 13.2 Å². The highest BCUT2D eigenvalue weighted by atomic mass is 19.4. The summed E-state index contributed by atoms with van der Waals surface area (Å²) in [4.78, 5) is 0. The van der Waals surface area contributed by atoms with E-state index in [9.17, 15) is 13.2 Å². The van der Waals surface area contributed by atoms with Crippen molar-refractivity contribution in [3.8, 4) is 6.07 Å². The van der Waals surface area contributed by atoms with Crippen LogP contribution in [0.3, 0.4) is 0 Å². The lowest BCUT2D eigenvalue weighted by molar-refractivity contribution is -0.0884. The van der Waals surface area contributed by atoms with E-state index in [1.807, 2.05) is 6.07 Å². The van der Waals surface area contributed by atoms with E-state index in [-0.39, 0.29) is 12.0 Å². The van der Waals surface area contributed by atoms with E-state index in [0.29, 0.717) is 6.42 Å². The van der Waals surface area contributed by atoms with Gasteiger partial charge in [0, 0.05) is 0 Å². The van der Waals surface area contributed by atoms with Crippen molar-refractivity contribution in [2.45, 2.75) is 25.9 Å². The third-order valence-electron chi connectivity index (χ3n) is 2.48. The van der Waals surface area contributed by atoms with Gasteiger partial charge in [-0.25, -0.2) is 0 Å². The van der Waals surface area contributed by atoms with Crippen LogP contribution >= 0.6 is 0 Å². The SMILES string of the molecule is C=C(C)/C1=C(C#N)/C=C\C(C(F)(F)F)=C/CC1. The second-order valence-electron chi connectivity index (χ2n) is 3.81. The molecule has 0 saturated heterocycles. The van der Waals surface area contributed by atoms with E-state index >= 15 is 0 Å². The smallest absolute Gasteiger partial charge is 0.192 e. The molecule has 0 unspecified atom stereocenters. The molecule has 90 valence electrons. The van der Waals surface area contributed by atoms with Gasteiger partial charge in [-0.2, -0.15) is 18.4 Å². The molecule has 0 aromatic rings. The number of hydrogen-bond donors (Lipinski definition) is 0. The third kappa shape index (κ3) is 3.35. The van der Waals surface area contributed by atoms with Crippen molar-refractivity contribution in [3.63, 3.8) is 0 Å². The monoisotopic (exact) mass is 239 g/mol. The van der Waals surface area contributed by atoms with Crippen LogP contribution in [0.1, 0.15) is 19.8 Å². The van der Waals surface area contributed by atoms with E-state index in [1.54, 1.807) is 6.92 Å². The molecule has 0 fully saturated rings. The zero-order valence-electron chi connectivity index (χ0n) is 9.43. The van der Waals surface area contributed by atoms with Crippen molar-refractivity contribution >= 4 is 0 Å². The molecule has 1 aliphatic carbocycles. The van der Waals surface area contributed by atoms with E-state index in [4.69, 9.17) is 5.26 Å². The lowest BCUT2D eigenvalue weighted by Gasteiger charge is -2.12. The molecule has 0 bridgehead atoms. The summed E-state index contributed by atoms with van der Waals surface area (Å²) in [7, 11) is 0. The fraction of sp³-hybridized carbons (Fsp3) is 0.308. The summed E-state index contributed by atoms with van der Waals surface area (Å²) in [6.07, 6.45) is -0.400. The van der Waals surface area contributed by atoms with Crippen LogP contribution in [0.25, 0.3) is 0 Å². The Bertz CT molecular complexity index is 456. The van der Waals surface area contributed by atoms with Gasteiger partial charge in [0.25, 0.3) is 0 Å². The zero-order chi connectivity index (χ0) is 13.1. The molecule has 0 heterocycles. The fourth-order valence-electron chi connectivity index (χ4n) is 1.61. The van der Waals surface area contributed by atoms with Gasteiger partial charge in [0.05, 0.1) is 17.2 Å². The van der Waals surface area contributed by atoms with E-state index in [2.05, 4.69) is 6.58 Å². The highest BCUT2D eigenvalue weighted by Crippen LogP contribution is 2.30. The Kier molecular flexibility index (Phi) is 3.95. The molecular weight excluding hydrogens is 227 g/mol. The Morgan fingerprint density at radius 2 is 2.06 bits per heavy atom. The lowest BCUT2D eigenvalue weighted by Crippen LogP contribution is -2.10. The van der Waals surface area contributed by atoms with Crippen LogP contribution in [0.2, 0.25) is 0 Å². The van der Waals surface area contributed by atoms with Gasteiger partial charge in [-0.15, -0.1) is 0 Å². The molecule has 0 aromatic carbocycles. The number of nitrogens with zero attached hydrogens (tertiary/aromatic N) is 1. The molecule has 0 aliphatic heterocycles. The van der Waals surface area contributed by atoms with Gasteiger partial charge in [0.2, 0.25) is 0 Å². The Balaban J connectivity index is 3.16. The quantitative estimate of drug-likeness (QED) is 0.672. The standard InChI is InChI=1S/C13H12F3N/c1-9(2)12-5-3-4-11(13(14,15)16)7-6-10(12)8-17/h4,6-7H,1,3,5H2,2H3/b7-6-,11-4+,12-10-. The minimum atomic E-state index is -4.36. The van der Waals surface area contributed by atoms with E-state index in [1.165, 1.54) is 6.08 Å². The second kappa shape index (κ2) is 5.05. The van der Waals surface area contributed by atoms with Gasteiger partial charge in [0.15, 0.2) is 0 Å². The number of allylic oxidation sites excluding steroid dienone is 7. The Morgan fingerprint density at radius 1 is 1.41 bits per heavy atom. The second-order valence-corrected chi connectivity index (χ2v) is 3.81. The number of rotatable bonds is 1. The van der Waals surface area contributed by atoms with Crippen molar-refractivity contribution in [1.82, 2.24) is 0 Å². The number of nitriles is 1. The number of alkyl halides is 3. The molecule has 0 saturated carbocycles. The summed E-state index contributed by atoms with van der Waals surface area (Å²) in [6, 6.07) is 1.91. The molecule has 0 radical (unpaired) electrons. The summed E-state index contributed by atoms with van der Waals surface area (Å²) >= 11 is 0. The normalized spacial score (nSPS) is 26.2. The third-order valence-corrected chi connectivity index (χ3v) is 2.48. The maximum absolute atomic E-state index is 12.5. The summed E-state index contributed by atoms with van der Waals surface area (Å²) in [5.74, 6) is 0. The topological polar surface area (TPSA) is 23.8 Å². The maximum atomic E-state index is 12.5. The lowest BCUT2D eigenvalue weighted by atomic mass is 9.94. The van der Waals surface area contributed by atoms with Gasteiger partial charge in [0.1, 0.15) is 0 Å². The molecule has 17 heavy (non-hydrogen) atoms. The first-order chi connectivity index (χ1) is 7.86. The highest BCUT2D eigenvalue weighted by molar-refractivity contribution is 5.48. The Morgan fingerprint density at radius 3 is 2.53 bits per heavy atom. The Hall–Kier alpha value is -1.76. The maximum Gasteiger partial charge on any atom is 0.416 e. The number of hydrogen-bond acceptors (Lipinski definition) is 1. The summed E-state index contributed by atoms with van der Waals surface area (Å²) < 4.78 is 37.5. The predicted molar refractivity (Wildman–Crippen MR) is 60.0 cm³/mol. The van der Waals surface area contributed by atoms with Gasteiger partial charge in [-0.1, -0.05) is 18.2 Å². The molecule has 1 rings (SSSR count). The Labute approximate surface area is 98.2 Å². The van der Waals surface area contributed by atoms with Crippen molar-refractivity contribution in [2.75, 3.05) is 0 Å². The van der Waals surface area contributed by atoms with Crippen LogP contribution in [-0.4, -0.2) is 6.18 Å². The first-order valence-electron chi connectivity index (χ1n) is 5.11. The summed E-state index contributed by atoms with van der Waals surface area (Å²) in [5, 5.41) is 8.92. The van der Waals surface area contributed by atoms with Crippen LogP contribution in [-0.2, 0) is 0 Å². The van der Waals surface area contributed by atoms with Gasteiger partial charge < -0.3 is 0 Å². The molecular formula is C13H12F3N. The van der Waals surface area contributed by atoms with Crippen molar-refractivity contribution in [1.29, 1.82) is 5.26 Å². The number of halogens is 3. The van der Waals surface area contributed by atoms with Crippen LogP contribution < -0.4 is 0 Å². The minimum Gasteiger partial charge on any atom is -0.192 e. The van der Waals surface area contributed by atoms with E-state index in [0.717, 1.165) is 23.3 Å². The van der Waals surface area contributed by atoms with Crippen LogP contribution in [0.5, 0.6) is 0 Å². The van der Waals surface area contributed by atoms with Gasteiger partial charge in [-0.3, -0.25) is 0 Å². The zero-order valence-corrected chi connectivity index (χ0v) is 9.43. The van der Waals surface area contributed by atoms with E-state index < -0.39 is 11.7 Å². The van der Waals surface area contributed by atoms with Crippen LogP contribution in [0.15, 0.2) is 47.1 Å². The fourth-order valence-corrected chi connectivity index (χ4v) is 1.61. The molecule has 1 nitrogen and oxygen atoms in total. The van der Waals surface area contributed by atoms with Crippen LogP contribution in [0, 0.1) is 11.3 Å². The summed E-state index contributed by atoms with van der Waals surface area (Å²) in [5.41, 5.74) is 0.995. The first kappa shape index (κ1) is 13.3. The largest absolute Gasteiger partial charge is 0.416 e. The van der Waals surface area contributed by atoms with Gasteiger partial charge >= 0.3 is 6.18 Å². The molecule has 1 aliphatic rings. The molecule has 4 heteroatoms. The van der Waals surface area contributed by atoms with Crippen molar-refractivity contribution in [3.05, 3.63) is 47.1 Å². The average molecular weight is 239 g/mol. The molecule has 0 amide bonds. The van der Waals surface area contributed by atoms with Gasteiger partial charge in [-0.05, 0) is 37.5 Å². The minimum absolute atomic E-state index is 0.257. The summed E-state index contributed by atoms with van der Waals surface area (Å²) in [6.45, 7) is 5.48.